The molecule has 0 bridgehead atoms. The first-order valence-corrected chi connectivity index (χ1v) is 5.72. The van der Waals surface area contributed by atoms with Crippen molar-refractivity contribution in [1.82, 2.24) is 0 Å². The molecule has 0 aliphatic carbocycles. The number of hydrogen-bond acceptors (Lipinski definition) is 2. The molecule has 0 rings (SSSR count). The van der Waals surface area contributed by atoms with Crippen LogP contribution in [0.3, 0.4) is 0 Å². The van der Waals surface area contributed by atoms with Crippen molar-refractivity contribution >= 4 is 0 Å². The Balaban J connectivity index is -0.00000000121. The van der Waals surface area contributed by atoms with Gasteiger partial charge < -0.3 is 65.7 Å². The minimum absolute atomic E-state index is 0. The topological polar surface area (TPSA) is 453 Å². The van der Waals surface area contributed by atoms with E-state index in [4.69, 9.17) is 14.3 Å². The van der Waals surface area contributed by atoms with Crippen LogP contribution in [0.15, 0.2) is 0 Å². The van der Waals surface area contributed by atoms with E-state index in [1.807, 2.05) is 0 Å². The van der Waals surface area contributed by atoms with Crippen LogP contribution in [0, 0.1) is 0 Å². The third-order valence-electron chi connectivity index (χ3n) is 0. The van der Waals surface area contributed by atoms with Gasteiger partial charge in [-0.3, -0.25) is 0 Å². The number of hydrogen-bond donors (Lipinski definition) is 2. The van der Waals surface area contributed by atoms with Gasteiger partial charge in [-0.05, 0) is 0 Å². The first-order valence-electron chi connectivity index (χ1n) is 0.698. The van der Waals surface area contributed by atoms with E-state index in [9.17, 15) is 0 Å². The normalized spacial score (nSPS) is 3.41. The fourth-order valence-corrected chi connectivity index (χ4v) is 0. The zero-order chi connectivity index (χ0) is 4.50. The van der Waals surface area contributed by atoms with Crippen LogP contribution in [0.4, 0.5) is 0 Å². The maximum absolute atomic E-state index is 8.87. The second-order valence-corrected chi connectivity index (χ2v) is 3.67. The Hall–Kier alpha value is -0.272. The summed E-state index contributed by atoms with van der Waals surface area (Å²) < 4.78 is 32.1. The van der Waals surface area contributed by atoms with E-state index in [0.29, 0.717) is 0 Å². The van der Waals surface area contributed by atoms with Crippen molar-refractivity contribution in [3.05, 3.63) is 0 Å². The van der Waals surface area contributed by atoms with Gasteiger partial charge in [-0.25, -0.2) is 0 Å². The molecular weight excluding hydrogens is 440 g/mol. The summed E-state index contributed by atoms with van der Waals surface area (Å²) in [5.74, 6) is 0. The molecular formula is H26O16W. The Morgan fingerprint density at radius 3 is 0.412 bits per heavy atom. The Bertz CT molecular complexity index is 88.7. The third-order valence-corrected chi connectivity index (χ3v) is 0. The molecule has 17 heteroatoms. The van der Waals surface area contributed by atoms with E-state index in [-0.39, 0.29) is 65.7 Å². The van der Waals surface area contributed by atoms with Gasteiger partial charge in [0, 0.05) is 0 Å². The molecule has 0 radical (unpaired) electrons. The van der Waals surface area contributed by atoms with Crippen molar-refractivity contribution in [2.75, 3.05) is 0 Å². The summed E-state index contributed by atoms with van der Waals surface area (Å²) in [6.45, 7) is 0. The second-order valence-electron chi connectivity index (χ2n) is 0.448. The summed E-state index contributed by atoms with van der Waals surface area (Å²) in [5, 5.41) is 0. The van der Waals surface area contributed by atoms with E-state index < -0.39 is 16.7 Å². The standard InChI is InChI=1S/14H2O.2O.W/h14*1H2;;;/q;;;;;;;;;;;;;;;;+2/p-2. The predicted octanol–water partition coefficient (Wildman–Crippen LogP) is -11.3. The Morgan fingerprint density at radius 1 is 0.412 bits per heavy atom. The number of rotatable bonds is 0. The van der Waals surface area contributed by atoms with E-state index in [2.05, 4.69) is 0 Å². The van der Waals surface area contributed by atoms with Crippen LogP contribution >= 0.6 is 0 Å². The van der Waals surface area contributed by atoms with E-state index >= 15 is 0 Å². The summed E-state index contributed by atoms with van der Waals surface area (Å²) in [4.78, 5) is 0. The zero-order valence-electron chi connectivity index (χ0n) is 8.12. The molecule has 0 aromatic rings. The summed E-state index contributed by atoms with van der Waals surface area (Å²) in [6.07, 6.45) is 0. The monoisotopic (exact) mass is 466 g/mol. The van der Waals surface area contributed by atoms with Gasteiger partial charge in [-0.15, -0.1) is 0 Å². The van der Waals surface area contributed by atoms with Crippen LogP contribution in [0.25, 0.3) is 0 Å². The van der Waals surface area contributed by atoms with Gasteiger partial charge in [0.25, 0.3) is 0 Å². The summed E-state index contributed by atoms with van der Waals surface area (Å²) >= 11 is -5.67. The summed E-state index contributed by atoms with van der Waals surface area (Å²) in [6, 6.07) is 0. The van der Waals surface area contributed by atoms with Gasteiger partial charge in [0.15, 0.2) is 0 Å². The maximum atomic E-state index is 8.87. The molecule has 0 heterocycles. The van der Waals surface area contributed by atoms with Crippen molar-refractivity contribution in [3.8, 4) is 0 Å². The van der Waals surface area contributed by atoms with E-state index in [1.54, 1.807) is 0 Å². The Labute approximate surface area is 97.5 Å². The van der Waals surface area contributed by atoms with E-state index in [0.717, 1.165) is 0 Å². The van der Waals surface area contributed by atoms with Gasteiger partial charge >= 0.3 is 31.1 Å². The molecule has 128 valence electrons. The molecule has 0 unspecified atom stereocenters. The van der Waals surface area contributed by atoms with Crippen LogP contribution in [0.2, 0.25) is 0 Å². The molecule has 16 nitrogen and oxygen atoms in total. The quantitative estimate of drug-likeness (QED) is 0.351. The van der Waals surface area contributed by atoms with Crippen molar-refractivity contribution in [3.63, 3.8) is 0 Å². The van der Waals surface area contributed by atoms with Crippen molar-refractivity contribution in [2.24, 2.45) is 0 Å². The Kier molecular flexibility index (Phi) is 1820. The molecule has 17 heavy (non-hydrogen) atoms. The van der Waals surface area contributed by atoms with Gasteiger partial charge in [0.2, 0.25) is 0 Å². The van der Waals surface area contributed by atoms with Crippen LogP contribution in [0.5, 0.6) is 0 Å². The average Bonchev–Trinajstić information content (AvgIpc) is 0.722. The van der Waals surface area contributed by atoms with Crippen LogP contribution in [0.1, 0.15) is 0 Å². The second kappa shape index (κ2) is 104. The van der Waals surface area contributed by atoms with Crippen molar-refractivity contribution in [2.45, 2.75) is 0 Å². The fourth-order valence-electron chi connectivity index (χ4n) is 0. The first-order chi connectivity index (χ1) is 2.00. The molecule has 26 N–H and O–H groups in total. The molecule has 0 aliphatic heterocycles. The molecule has 0 aromatic carbocycles. The molecule has 0 aromatic heterocycles. The predicted molar refractivity (Wildman–Crippen MR) is 49.2 cm³/mol. The zero-order valence-corrected chi connectivity index (χ0v) is 11.1. The minimum atomic E-state index is -5.67. The fraction of sp³-hybridized carbons (Fsp3) is 0. The van der Waals surface area contributed by atoms with Crippen LogP contribution in [-0.4, -0.2) is 73.2 Å². The molecule has 0 fully saturated rings. The molecule has 0 aliphatic rings. The SMILES string of the molecule is O.O.O.O.O.O.O.O.O.O.O.O.[O]=[W](=[O])([OH])[OH]. The summed E-state index contributed by atoms with van der Waals surface area (Å²) in [7, 11) is 0. The van der Waals surface area contributed by atoms with E-state index in [1.165, 1.54) is 0 Å². The van der Waals surface area contributed by atoms with Gasteiger partial charge in [0.1, 0.15) is 0 Å². The van der Waals surface area contributed by atoms with Crippen LogP contribution < -0.4 is 0 Å². The Morgan fingerprint density at radius 2 is 0.412 bits per heavy atom. The third kappa shape index (κ3) is 40200. The van der Waals surface area contributed by atoms with Crippen molar-refractivity contribution in [1.29, 1.82) is 0 Å². The molecule has 0 saturated carbocycles. The van der Waals surface area contributed by atoms with Gasteiger partial charge in [0.05, 0.1) is 0 Å². The summed E-state index contributed by atoms with van der Waals surface area (Å²) in [5.41, 5.74) is 0. The average molecular weight is 466 g/mol. The molecule has 0 atom stereocenters. The van der Waals surface area contributed by atoms with Gasteiger partial charge in [-0.2, -0.15) is 0 Å². The molecule has 0 spiro atoms. The molecule has 0 saturated heterocycles. The first kappa shape index (κ1) is 298. The van der Waals surface area contributed by atoms with Crippen molar-refractivity contribution < 1.29 is 96.8 Å². The molecule has 0 amide bonds. The van der Waals surface area contributed by atoms with Crippen LogP contribution in [-0.2, 0) is 23.5 Å². The van der Waals surface area contributed by atoms with Gasteiger partial charge in [-0.1, -0.05) is 0 Å².